The number of rotatable bonds is 4. The second kappa shape index (κ2) is 7.19. The van der Waals surface area contributed by atoms with Crippen LogP contribution in [0.25, 0.3) is 0 Å². The first kappa shape index (κ1) is 12.8. The van der Waals surface area contributed by atoms with Gasteiger partial charge < -0.3 is 5.32 Å². The van der Waals surface area contributed by atoms with Crippen LogP contribution in [0.4, 0.5) is 0 Å². The Labute approximate surface area is 90.9 Å². The first-order chi connectivity index (χ1) is 5.79. The average Bonchev–Trinajstić information content (AvgIpc) is 2.05. The lowest BCUT2D eigenvalue weighted by molar-refractivity contribution is 0.675. The van der Waals surface area contributed by atoms with Crippen LogP contribution in [0, 0.1) is 0 Å². The van der Waals surface area contributed by atoms with Gasteiger partial charge in [0.2, 0.25) is 0 Å². The molecule has 0 saturated carbocycles. The Balaban J connectivity index is 0.00000144. The van der Waals surface area contributed by atoms with Gasteiger partial charge in [0.1, 0.15) is 0 Å². The van der Waals surface area contributed by atoms with E-state index in [1.807, 2.05) is 13.0 Å². The molecule has 0 aliphatic rings. The molecule has 3 heteroatoms. The van der Waals surface area contributed by atoms with E-state index in [1.165, 1.54) is 5.56 Å². The van der Waals surface area contributed by atoms with E-state index in [9.17, 15) is 0 Å². The first-order valence-electron chi connectivity index (χ1n) is 4.20. The zero-order valence-corrected chi connectivity index (χ0v) is 9.24. The molecule has 0 aromatic heterocycles. The Morgan fingerprint density at radius 1 is 1.31 bits per heavy atom. The van der Waals surface area contributed by atoms with E-state index in [-0.39, 0.29) is 17.9 Å². The highest BCUT2D eigenvalue weighted by molar-refractivity contribution is 6.20. The van der Waals surface area contributed by atoms with Crippen molar-refractivity contribution in [3.8, 4) is 0 Å². The van der Waals surface area contributed by atoms with Crippen LogP contribution in [0.1, 0.15) is 12.5 Å². The minimum atomic E-state index is 0. The van der Waals surface area contributed by atoms with Gasteiger partial charge in [-0.2, -0.15) is 0 Å². The molecule has 1 rings (SSSR count). The monoisotopic (exact) mass is 219 g/mol. The summed E-state index contributed by atoms with van der Waals surface area (Å²) >= 11 is 5.73. The number of halogens is 2. The molecule has 0 aliphatic heterocycles. The molecule has 0 aliphatic carbocycles. The van der Waals surface area contributed by atoms with Crippen LogP contribution in [0.3, 0.4) is 0 Å². The van der Waals surface area contributed by atoms with Crippen molar-refractivity contribution >= 4 is 24.0 Å². The average molecular weight is 220 g/mol. The minimum Gasteiger partial charge on any atom is -0.301 e. The van der Waals surface area contributed by atoms with Crippen molar-refractivity contribution in [2.75, 3.05) is 6.54 Å². The van der Waals surface area contributed by atoms with E-state index in [1.54, 1.807) is 0 Å². The lowest BCUT2D eigenvalue weighted by Crippen LogP contribution is -2.22. The molecule has 1 aromatic rings. The van der Waals surface area contributed by atoms with Crippen molar-refractivity contribution < 1.29 is 0 Å². The molecule has 0 radical (unpaired) electrons. The summed E-state index contributed by atoms with van der Waals surface area (Å²) in [4.78, 5) is 0. The molecule has 0 bridgehead atoms. The Morgan fingerprint density at radius 3 is 2.46 bits per heavy atom. The Bertz CT molecular complexity index is 211. The number of alkyl halides is 1. The lowest BCUT2D eigenvalue weighted by Gasteiger charge is -2.05. The van der Waals surface area contributed by atoms with Crippen molar-refractivity contribution in [1.29, 1.82) is 0 Å². The van der Waals surface area contributed by atoms with E-state index < -0.39 is 0 Å². The third-order valence-electron chi connectivity index (χ3n) is 1.68. The van der Waals surface area contributed by atoms with Gasteiger partial charge in [0.25, 0.3) is 0 Å². The van der Waals surface area contributed by atoms with Crippen molar-refractivity contribution in [2.24, 2.45) is 0 Å². The number of hydrogen-bond acceptors (Lipinski definition) is 1. The van der Waals surface area contributed by atoms with Gasteiger partial charge in [-0.25, -0.2) is 0 Å². The highest BCUT2D eigenvalue weighted by Gasteiger charge is 1.94. The summed E-state index contributed by atoms with van der Waals surface area (Å²) in [5.74, 6) is 0. The molecule has 0 heterocycles. The van der Waals surface area contributed by atoms with Gasteiger partial charge >= 0.3 is 0 Å². The summed E-state index contributed by atoms with van der Waals surface area (Å²) in [7, 11) is 0. The van der Waals surface area contributed by atoms with Crippen molar-refractivity contribution in [1.82, 2.24) is 5.32 Å². The maximum absolute atomic E-state index is 5.73. The quantitative estimate of drug-likeness (QED) is 0.607. The van der Waals surface area contributed by atoms with Gasteiger partial charge in [-0.1, -0.05) is 30.3 Å². The summed E-state index contributed by atoms with van der Waals surface area (Å²) < 4.78 is 0. The van der Waals surface area contributed by atoms with Crippen LogP contribution in [0.2, 0.25) is 0 Å². The number of benzene rings is 1. The van der Waals surface area contributed by atoms with Gasteiger partial charge in [0.05, 0.1) is 5.50 Å². The Morgan fingerprint density at radius 2 is 1.92 bits per heavy atom. The number of nitrogens with one attached hydrogen (secondary N) is 1. The van der Waals surface area contributed by atoms with Crippen molar-refractivity contribution in [3.05, 3.63) is 35.9 Å². The van der Waals surface area contributed by atoms with E-state index in [0.717, 1.165) is 13.0 Å². The first-order valence-corrected chi connectivity index (χ1v) is 4.64. The highest BCUT2D eigenvalue weighted by atomic mass is 35.5. The lowest BCUT2D eigenvalue weighted by atomic mass is 10.1. The fourth-order valence-electron chi connectivity index (χ4n) is 1.06. The summed E-state index contributed by atoms with van der Waals surface area (Å²) in [5, 5.41) is 3.16. The van der Waals surface area contributed by atoms with Gasteiger partial charge in [-0.05, 0) is 18.9 Å². The van der Waals surface area contributed by atoms with E-state index in [4.69, 9.17) is 11.6 Å². The molecule has 0 saturated heterocycles. The van der Waals surface area contributed by atoms with E-state index in [0.29, 0.717) is 0 Å². The summed E-state index contributed by atoms with van der Waals surface area (Å²) in [6.45, 7) is 2.88. The Kier molecular flexibility index (Phi) is 7.06. The Hall–Kier alpha value is -0.240. The third kappa shape index (κ3) is 5.92. The standard InChI is InChI=1S/C10H14ClN.ClH/c1-9(11)12-8-7-10-5-3-2-4-6-10;/h2-6,9,12H,7-8H2,1H3;1H. The summed E-state index contributed by atoms with van der Waals surface area (Å²) in [5.41, 5.74) is 1.41. The maximum Gasteiger partial charge on any atom is 0.0796 e. The van der Waals surface area contributed by atoms with Crippen molar-refractivity contribution in [2.45, 2.75) is 18.8 Å². The van der Waals surface area contributed by atoms with Gasteiger partial charge in [-0.15, -0.1) is 24.0 Å². The number of hydrogen-bond donors (Lipinski definition) is 1. The smallest absolute Gasteiger partial charge is 0.0796 e. The highest BCUT2D eigenvalue weighted by Crippen LogP contribution is 1.98. The van der Waals surface area contributed by atoms with Crippen LogP contribution in [-0.4, -0.2) is 12.0 Å². The second-order valence-electron chi connectivity index (χ2n) is 2.81. The molecule has 1 N–H and O–H groups in total. The summed E-state index contributed by atoms with van der Waals surface area (Å²) in [6.07, 6.45) is 1.04. The molecule has 1 atom stereocenters. The molecule has 0 fully saturated rings. The molecular weight excluding hydrogens is 205 g/mol. The third-order valence-corrected chi connectivity index (χ3v) is 1.84. The van der Waals surface area contributed by atoms with Crippen molar-refractivity contribution in [3.63, 3.8) is 0 Å². The normalized spacial score (nSPS) is 11.8. The summed E-state index contributed by atoms with van der Waals surface area (Å²) in [6, 6.07) is 10.4. The molecule has 1 nitrogen and oxygen atoms in total. The zero-order valence-electron chi connectivity index (χ0n) is 7.66. The van der Waals surface area contributed by atoms with Gasteiger partial charge in [0.15, 0.2) is 0 Å². The van der Waals surface area contributed by atoms with Crippen LogP contribution in [0.15, 0.2) is 30.3 Å². The maximum atomic E-state index is 5.73. The van der Waals surface area contributed by atoms with Crippen LogP contribution in [-0.2, 0) is 6.42 Å². The van der Waals surface area contributed by atoms with Gasteiger partial charge in [0, 0.05) is 6.54 Å². The largest absolute Gasteiger partial charge is 0.301 e. The van der Waals surface area contributed by atoms with E-state index in [2.05, 4.69) is 29.6 Å². The van der Waals surface area contributed by atoms with Crippen LogP contribution in [0.5, 0.6) is 0 Å². The fourth-order valence-corrected chi connectivity index (χ4v) is 1.17. The fraction of sp³-hybridized carbons (Fsp3) is 0.400. The molecule has 13 heavy (non-hydrogen) atoms. The van der Waals surface area contributed by atoms with Crippen LogP contribution < -0.4 is 5.32 Å². The molecule has 0 amide bonds. The SMILES string of the molecule is CC(Cl)NCCc1ccccc1.Cl. The molecule has 74 valence electrons. The zero-order chi connectivity index (χ0) is 8.81. The van der Waals surface area contributed by atoms with Crippen LogP contribution >= 0.6 is 24.0 Å². The predicted octanol–water partition coefficient (Wildman–Crippen LogP) is 2.83. The van der Waals surface area contributed by atoms with E-state index >= 15 is 0 Å². The topological polar surface area (TPSA) is 12.0 Å². The minimum absolute atomic E-state index is 0. The molecule has 1 aromatic carbocycles. The molecular formula is C10H15Cl2N. The molecule has 1 unspecified atom stereocenters. The molecule has 0 spiro atoms. The van der Waals surface area contributed by atoms with Gasteiger partial charge in [-0.3, -0.25) is 0 Å². The predicted molar refractivity (Wildman–Crippen MR) is 60.7 cm³/mol. The second-order valence-corrected chi connectivity index (χ2v) is 3.46.